The number of likely N-dealkylation sites (N-methyl/N-ethyl adjacent to an activating group) is 1. The molecule has 2 rings (SSSR count). The molecule has 1 N–H and O–H groups in total. The van der Waals surface area contributed by atoms with Crippen molar-refractivity contribution in [1.29, 1.82) is 0 Å². The summed E-state index contributed by atoms with van der Waals surface area (Å²) < 4.78 is 13.3. The summed E-state index contributed by atoms with van der Waals surface area (Å²) in [5, 5.41) is 3.07. The molecule has 0 radical (unpaired) electrons. The fourth-order valence-corrected chi connectivity index (χ4v) is 2.44. The first-order chi connectivity index (χ1) is 9.13. The Hall–Kier alpha value is -1.62. The molecule has 0 aliphatic carbocycles. The zero-order valence-electron chi connectivity index (χ0n) is 11.4. The summed E-state index contributed by atoms with van der Waals surface area (Å²) in [6.45, 7) is 2.25. The molecule has 5 heteroatoms. The summed E-state index contributed by atoms with van der Waals surface area (Å²) >= 11 is 0. The van der Waals surface area contributed by atoms with E-state index in [9.17, 15) is 9.18 Å². The standard InChI is InChI=1S/C14H20FN3O/c1-16-7-4-8-18-10-13(17(2)14(18)19)11-5-3-6-12(15)9-11/h3,5-6,9,13,16H,4,7-8,10H2,1-2H3. The van der Waals surface area contributed by atoms with Gasteiger partial charge in [-0.15, -0.1) is 0 Å². The molecule has 0 saturated carbocycles. The topological polar surface area (TPSA) is 35.6 Å². The molecule has 4 nitrogen and oxygen atoms in total. The van der Waals surface area contributed by atoms with E-state index in [0.29, 0.717) is 6.54 Å². The smallest absolute Gasteiger partial charge is 0.320 e. The Morgan fingerprint density at radius 1 is 1.47 bits per heavy atom. The van der Waals surface area contributed by atoms with Crippen molar-refractivity contribution in [2.75, 3.05) is 33.7 Å². The molecule has 104 valence electrons. The second-order valence-electron chi connectivity index (χ2n) is 4.87. The third kappa shape index (κ3) is 3.04. The molecule has 1 saturated heterocycles. The van der Waals surface area contributed by atoms with Gasteiger partial charge >= 0.3 is 6.03 Å². The van der Waals surface area contributed by atoms with Gasteiger partial charge < -0.3 is 15.1 Å². The maximum Gasteiger partial charge on any atom is 0.320 e. The Kier molecular flexibility index (Phi) is 4.37. The fourth-order valence-electron chi connectivity index (χ4n) is 2.44. The lowest BCUT2D eigenvalue weighted by molar-refractivity contribution is 0.195. The zero-order valence-corrected chi connectivity index (χ0v) is 11.4. The van der Waals surface area contributed by atoms with E-state index >= 15 is 0 Å². The number of carbonyl (C=O) groups is 1. The third-order valence-corrected chi connectivity index (χ3v) is 3.52. The van der Waals surface area contributed by atoms with Crippen LogP contribution in [0.1, 0.15) is 18.0 Å². The van der Waals surface area contributed by atoms with E-state index in [-0.39, 0.29) is 17.9 Å². The highest BCUT2D eigenvalue weighted by atomic mass is 19.1. The SMILES string of the molecule is CNCCCN1CC(c2cccc(F)c2)N(C)C1=O. The Morgan fingerprint density at radius 2 is 2.26 bits per heavy atom. The molecular weight excluding hydrogens is 245 g/mol. The number of rotatable bonds is 5. The fraction of sp³-hybridized carbons (Fsp3) is 0.500. The van der Waals surface area contributed by atoms with Gasteiger partial charge in [0.25, 0.3) is 0 Å². The van der Waals surface area contributed by atoms with Gasteiger partial charge in [0.15, 0.2) is 0 Å². The molecule has 1 heterocycles. The summed E-state index contributed by atoms with van der Waals surface area (Å²) in [4.78, 5) is 15.6. The molecule has 1 aliphatic rings. The molecule has 1 aliphatic heterocycles. The summed E-state index contributed by atoms with van der Waals surface area (Å²) in [5.74, 6) is -0.257. The van der Waals surface area contributed by atoms with Crippen molar-refractivity contribution in [3.8, 4) is 0 Å². The highest BCUT2D eigenvalue weighted by Gasteiger charge is 2.34. The van der Waals surface area contributed by atoms with Gasteiger partial charge in [-0.25, -0.2) is 9.18 Å². The van der Waals surface area contributed by atoms with E-state index in [2.05, 4.69) is 5.32 Å². The van der Waals surface area contributed by atoms with Crippen molar-refractivity contribution in [2.45, 2.75) is 12.5 Å². The van der Waals surface area contributed by atoms with Crippen molar-refractivity contribution in [3.63, 3.8) is 0 Å². The van der Waals surface area contributed by atoms with Gasteiger partial charge in [-0.05, 0) is 37.7 Å². The van der Waals surface area contributed by atoms with Gasteiger partial charge in [0.1, 0.15) is 5.82 Å². The van der Waals surface area contributed by atoms with Crippen LogP contribution in [0.25, 0.3) is 0 Å². The van der Waals surface area contributed by atoms with Crippen molar-refractivity contribution in [2.24, 2.45) is 0 Å². The molecular formula is C14H20FN3O. The molecule has 1 atom stereocenters. The minimum Gasteiger partial charge on any atom is -0.322 e. The van der Waals surface area contributed by atoms with E-state index in [1.807, 2.05) is 18.0 Å². The summed E-state index contributed by atoms with van der Waals surface area (Å²) in [5.41, 5.74) is 0.854. The van der Waals surface area contributed by atoms with Crippen LogP contribution < -0.4 is 5.32 Å². The van der Waals surface area contributed by atoms with Crippen molar-refractivity contribution in [1.82, 2.24) is 15.1 Å². The van der Waals surface area contributed by atoms with Crippen LogP contribution in [0.2, 0.25) is 0 Å². The molecule has 19 heavy (non-hydrogen) atoms. The van der Waals surface area contributed by atoms with Crippen LogP contribution in [0.4, 0.5) is 9.18 Å². The van der Waals surface area contributed by atoms with Crippen LogP contribution in [0.5, 0.6) is 0 Å². The van der Waals surface area contributed by atoms with Gasteiger partial charge in [-0.1, -0.05) is 12.1 Å². The average molecular weight is 265 g/mol. The molecule has 0 bridgehead atoms. The molecule has 0 spiro atoms. The lowest BCUT2D eigenvalue weighted by Crippen LogP contribution is -2.31. The van der Waals surface area contributed by atoms with E-state index in [0.717, 1.165) is 25.1 Å². The first-order valence-corrected chi connectivity index (χ1v) is 6.55. The van der Waals surface area contributed by atoms with Gasteiger partial charge in [-0.2, -0.15) is 0 Å². The van der Waals surface area contributed by atoms with Crippen molar-refractivity contribution in [3.05, 3.63) is 35.6 Å². The Labute approximate surface area is 113 Å². The Morgan fingerprint density at radius 3 is 2.95 bits per heavy atom. The van der Waals surface area contributed by atoms with Crippen LogP contribution in [0.3, 0.4) is 0 Å². The monoisotopic (exact) mass is 265 g/mol. The van der Waals surface area contributed by atoms with E-state index in [1.165, 1.54) is 12.1 Å². The van der Waals surface area contributed by atoms with E-state index in [4.69, 9.17) is 0 Å². The molecule has 0 aromatic heterocycles. The lowest BCUT2D eigenvalue weighted by Gasteiger charge is -2.17. The number of hydrogen-bond acceptors (Lipinski definition) is 2. The highest BCUT2D eigenvalue weighted by molar-refractivity contribution is 5.77. The summed E-state index contributed by atoms with van der Waals surface area (Å²) in [7, 11) is 3.67. The number of amides is 2. The van der Waals surface area contributed by atoms with Crippen LogP contribution in [-0.4, -0.2) is 49.6 Å². The summed E-state index contributed by atoms with van der Waals surface area (Å²) in [6, 6.07) is 6.45. The van der Waals surface area contributed by atoms with Crippen molar-refractivity contribution < 1.29 is 9.18 Å². The molecule has 1 unspecified atom stereocenters. The maximum absolute atomic E-state index is 13.3. The van der Waals surface area contributed by atoms with Gasteiger partial charge in [0.2, 0.25) is 0 Å². The van der Waals surface area contributed by atoms with Crippen LogP contribution in [0, 0.1) is 5.82 Å². The van der Waals surface area contributed by atoms with E-state index < -0.39 is 0 Å². The van der Waals surface area contributed by atoms with Gasteiger partial charge in [0.05, 0.1) is 6.04 Å². The number of benzene rings is 1. The normalized spacial score (nSPS) is 19.3. The number of urea groups is 1. The Bertz CT molecular complexity index is 452. The molecule has 1 aromatic carbocycles. The first kappa shape index (κ1) is 13.8. The molecule has 1 aromatic rings. The Balaban J connectivity index is 2.05. The van der Waals surface area contributed by atoms with Gasteiger partial charge in [-0.3, -0.25) is 0 Å². The minimum atomic E-state index is -0.257. The van der Waals surface area contributed by atoms with Crippen LogP contribution >= 0.6 is 0 Å². The minimum absolute atomic E-state index is 0.0189. The average Bonchev–Trinajstić information content (AvgIpc) is 2.67. The quantitative estimate of drug-likeness (QED) is 0.825. The van der Waals surface area contributed by atoms with Gasteiger partial charge in [0, 0.05) is 20.1 Å². The lowest BCUT2D eigenvalue weighted by atomic mass is 10.1. The number of hydrogen-bond donors (Lipinski definition) is 1. The second-order valence-corrected chi connectivity index (χ2v) is 4.87. The highest BCUT2D eigenvalue weighted by Crippen LogP contribution is 2.28. The van der Waals surface area contributed by atoms with Crippen LogP contribution in [-0.2, 0) is 0 Å². The van der Waals surface area contributed by atoms with E-state index in [1.54, 1.807) is 18.0 Å². The third-order valence-electron chi connectivity index (χ3n) is 3.52. The number of nitrogens with one attached hydrogen (secondary N) is 1. The van der Waals surface area contributed by atoms with Crippen LogP contribution in [0.15, 0.2) is 24.3 Å². The number of carbonyl (C=O) groups excluding carboxylic acids is 1. The largest absolute Gasteiger partial charge is 0.322 e. The predicted octanol–water partition coefficient (Wildman–Crippen LogP) is 1.84. The first-order valence-electron chi connectivity index (χ1n) is 6.55. The maximum atomic E-state index is 13.3. The zero-order chi connectivity index (χ0) is 13.8. The number of halogens is 1. The van der Waals surface area contributed by atoms with Crippen molar-refractivity contribution >= 4 is 6.03 Å². The second kappa shape index (κ2) is 6.02. The predicted molar refractivity (Wildman–Crippen MR) is 72.4 cm³/mol. The number of nitrogens with zero attached hydrogens (tertiary/aromatic N) is 2. The molecule has 1 fully saturated rings. The molecule has 2 amide bonds. The summed E-state index contributed by atoms with van der Waals surface area (Å²) in [6.07, 6.45) is 0.923.